The fraction of sp³-hybridized carbons (Fsp3) is 0.231. The molecular formula is C13H11ClN4O2S. The highest BCUT2D eigenvalue weighted by atomic mass is 35.5. The van der Waals surface area contributed by atoms with E-state index in [1.165, 1.54) is 11.8 Å². The van der Waals surface area contributed by atoms with Crippen molar-refractivity contribution in [2.75, 3.05) is 6.61 Å². The minimum atomic E-state index is 0.0784. The Morgan fingerprint density at radius 2 is 2.05 bits per heavy atom. The molecule has 3 rings (SSSR count). The van der Waals surface area contributed by atoms with Gasteiger partial charge in [0.25, 0.3) is 5.22 Å². The number of rotatable bonds is 5. The van der Waals surface area contributed by atoms with Gasteiger partial charge < -0.3 is 9.15 Å². The zero-order valence-corrected chi connectivity index (χ0v) is 12.7. The first kappa shape index (κ1) is 14.1. The van der Waals surface area contributed by atoms with Gasteiger partial charge in [0.1, 0.15) is 5.52 Å². The van der Waals surface area contributed by atoms with Crippen LogP contribution in [0.15, 0.2) is 39.1 Å². The Balaban J connectivity index is 1.84. The summed E-state index contributed by atoms with van der Waals surface area (Å²) >= 11 is 7.04. The molecule has 8 heteroatoms. The second kappa shape index (κ2) is 6.28. The maximum atomic E-state index is 5.87. The zero-order valence-electron chi connectivity index (χ0n) is 11.1. The molecule has 0 aliphatic rings. The molecule has 0 N–H and O–H groups in total. The number of benzene rings is 1. The van der Waals surface area contributed by atoms with E-state index in [9.17, 15) is 0 Å². The summed E-state index contributed by atoms with van der Waals surface area (Å²) in [6.07, 6.45) is 0.858. The van der Waals surface area contributed by atoms with Crippen LogP contribution in [0.5, 0.6) is 6.01 Å². The maximum Gasteiger partial charge on any atom is 0.321 e. The summed E-state index contributed by atoms with van der Waals surface area (Å²) in [5.41, 5.74) is 1.49. The van der Waals surface area contributed by atoms with E-state index in [4.69, 9.17) is 20.8 Å². The maximum absolute atomic E-state index is 5.87. The highest BCUT2D eigenvalue weighted by Crippen LogP contribution is 2.28. The molecule has 0 fully saturated rings. The van der Waals surface area contributed by atoms with E-state index in [0.717, 1.165) is 11.9 Å². The number of oxazole rings is 1. The summed E-state index contributed by atoms with van der Waals surface area (Å²) < 4.78 is 11.0. The SMILES string of the molecule is CCCOc1nc(Cl)nc(Sc2nc3ccccc3o2)n1. The van der Waals surface area contributed by atoms with Crippen LogP contribution in [0, 0.1) is 0 Å². The average Bonchev–Trinajstić information content (AvgIpc) is 2.86. The van der Waals surface area contributed by atoms with Crippen LogP contribution in [0.2, 0.25) is 5.28 Å². The third-order valence-corrected chi connectivity index (χ3v) is 3.34. The quantitative estimate of drug-likeness (QED) is 0.710. The van der Waals surface area contributed by atoms with Crippen molar-refractivity contribution in [2.24, 2.45) is 0 Å². The van der Waals surface area contributed by atoms with Gasteiger partial charge in [-0.25, -0.2) is 4.98 Å². The monoisotopic (exact) mass is 322 g/mol. The van der Waals surface area contributed by atoms with Crippen LogP contribution in [0.3, 0.4) is 0 Å². The molecule has 0 saturated heterocycles. The zero-order chi connectivity index (χ0) is 14.7. The molecule has 0 spiro atoms. The fourth-order valence-corrected chi connectivity index (χ4v) is 2.48. The highest BCUT2D eigenvalue weighted by molar-refractivity contribution is 7.98. The minimum absolute atomic E-state index is 0.0784. The molecule has 3 aromatic rings. The van der Waals surface area contributed by atoms with Crippen molar-refractivity contribution in [1.29, 1.82) is 0 Å². The number of ether oxygens (including phenoxy) is 1. The third kappa shape index (κ3) is 3.43. The second-order valence-electron chi connectivity index (χ2n) is 4.07. The van der Waals surface area contributed by atoms with Crippen LogP contribution >= 0.6 is 23.4 Å². The largest absolute Gasteiger partial charge is 0.463 e. The number of fused-ring (bicyclic) bond motifs is 1. The fourth-order valence-electron chi connectivity index (χ4n) is 1.59. The Labute approximate surface area is 129 Å². The van der Waals surface area contributed by atoms with E-state index in [1.807, 2.05) is 31.2 Å². The van der Waals surface area contributed by atoms with E-state index in [1.54, 1.807) is 0 Å². The molecule has 0 aliphatic heterocycles. The Morgan fingerprint density at radius 3 is 2.86 bits per heavy atom. The Kier molecular flexibility index (Phi) is 4.21. The molecule has 0 amide bonds. The molecule has 0 bridgehead atoms. The van der Waals surface area contributed by atoms with Gasteiger partial charge in [0.2, 0.25) is 10.4 Å². The van der Waals surface area contributed by atoms with Gasteiger partial charge in [0.05, 0.1) is 6.61 Å². The topological polar surface area (TPSA) is 73.9 Å². The van der Waals surface area contributed by atoms with Crippen molar-refractivity contribution in [2.45, 2.75) is 23.7 Å². The van der Waals surface area contributed by atoms with Crippen molar-refractivity contribution in [3.63, 3.8) is 0 Å². The van der Waals surface area contributed by atoms with E-state index in [-0.39, 0.29) is 11.3 Å². The third-order valence-electron chi connectivity index (χ3n) is 2.46. The first-order valence-electron chi connectivity index (χ1n) is 6.32. The van der Waals surface area contributed by atoms with E-state index < -0.39 is 0 Å². The van der Waals surface area contributed by atoms with Crippen LogP contribution in [0.1, 0.15) is 13.3 Å². The molecule has 1 aromatic carbocycles. The van der Waals surface area contributed by atoms with Crippen LogP contribution in [-0.2, 0) is 0 Å². The molecule has 0 aliphatic carbocycles. The van der Waals surface area contributed by atoms with Crippen molar-refractivity contribution in [3.8, 4) is 6.01 Å². The van der Waals surface area contributed by atoms with E-state index in [2.05, 4.69) is 19.9 Å². The molecule has 21 heavy (non-hydrogen) atoms. The van der Waals surface area contributed by atoms with Gasteiger partial charge >= 0.3 is 6.01 Å². The average molecular weight is 323 g/mol. The van der Waals surface area contributed by atoms with Gasteiger partial charge in [0.15, 0.2) is 5.58 Å². The molecule has 0 atom stereocenters. The summed E-state index contributed by atoms with van der Waals surface area (Å²) in [5.74, 6) is 0. The lowest BCUT2D eigenvalue weighted by Gasteiger charge is -2.03. The normalized spacial score (nSPS) is 11.0. The van der Waals surface area contributed by atoms with Gasteiger partial charge in [-0.15, -0.1) is 0 Å². The van der Waals surface area contributed by atoms with Crippen LogP contribution in [-0.4, -0.2) is 26.5 Å². The predicted molar refractivity (Wildman–Crippen MR) is 78.8 cm³/mol. The lowest BCUT2D eigenvalue weighted by Crippen LogP contribution is -2.02. The van der Waals surface area contributed by atoms with Crippen LogP contribution < -0.4 is 4.74 Å². The van der Waals surface area contributed by atoms with Gasteiger partial charge in [-0.1, -0.05) is 19.1 Å². The number of aromatic nitrogens is 4. The smallest absolute Gasteiger partial charge is 0.321 e. The summed E-state index contributed by atoms with van der Waals surface area (Å²) in [7, 11) is 0. The van der Waals surface area contributed by atoms with Crippen molar-refractivity contribution < 1.29 is 9.15 Å². The van der Waals surface area contributed by atoms with Gasteiger partial charge in [-0.2, -0.15) is 15.0 Å². The van der Waals surface area contributed by atoms with Gasteiger partial charge in [-0.05, 0) is 30.2 Å². The number of halogens is 1. The van der Waals surface area contributed by atoms with Crippen LogP contribution in [0.25, 0.3) is 11.1 Å². The molecule has 6 nitrogen and oxygen atoms in total. The Hall–Kier alpha value is -1.86. The Morgan fingerprint density at radius 1 is 1.19 bits per heavy atom. The first-order valence-corrected chi connectivity index (χ1v) is 7.52. The first-order chi connectivity index (χ1) is 10.2. The molecule has 0 radical (unpaired) electrons. The second-order valence-corrected chi connectivity index (χ2v) is 5.32. The van der Waals surface area contributed by atoms with E-state index in [0.29, 0.717) is 22.6 Å². The summed E-state index contributed by atoms with van der Waals surface area (Å²) in [4.78, 5) is 16.5. The molecular weight excluding hydrogens is 312 g/mol. The lowest BCUT2D eigenvalue weighted by atomic mass is 10.3. The van der Waals surface area contributed by atoms with Crippen molar-refractivity contribution in [1.82, 2.24) is 19.9 Å². The molecule has 2 heterocycles. The predicted octanol–water partition coefficient (Wildman–Crippen LogP) is 3.61. The van der Waals surface area contributed by atoms with Gasteiger partial charge in [0, 0.05) is 11.8 Å². The number of hydrogen-bond donors (Lipinski definition) is 0. The summed E-state index contributed by atoms with van der Waals surface area (Å²) in [5, 5.41) is 0.905. The van der Waals surface area contributed by atoms with E-state index >= 15 is 0 Å². The molecule has 0 unspecified atom stereocenters. The molecule has 2 aromatic heterocycles. The lowest BCUT2D eigenvalue weighted by molar-refractivity contribution is 0.288. The van der Waals surface area contributed by atoms with Crippen LogP contribution in [0.4, 0.5) is 0 Å². The number of hydrogen-bond acceptors (Lipinski definition) is 7. The Bertz CT molecular complexity index is 732. The molecule has 108 valence electrons. The number of nitrogens with zero attached hydrogens (tertiary/aromatic N) is 4. The van der Waals surface area contributed by atoms with Crippen molar-refractivity contribution in [3.05, 3.63) is 29.5 Å². The number of para-hydroxylation sites is 2. The summed E-state index contributed by atoms with van der Waals surface area (Å²) in [6.45, 7) is 2.52. The van der Waals surface area contributed by atoms with Crippen molar-refractivity contribution >= 4 is 34.5 Å². The molecule has 0 saturated carbocycles. The highest BCUT2D eigenvalue weighted by Gasteiger charge is 2.12. The van der Waals surface area contributed by atoms with Gasteiger partial charge in [-0.3, -0.25) is 0 Å². The summed E-state index contributed by atoms with van der Waals surface area (Å²) in [6, 6.07) is 7.71. The minimum Gasteiger partial charge on any atom is -0.463 e. The standard InChI is InChI=1S/C13H11ClN4O2S/c1-2-7-19-11-16-10(14)17-12(18-11)21-13-15-8-5-3-4-6-9(8)20-13/h3-6H,2,7H2,1H3.